The van der Waals surface area contributed by atoms with E-state index in [0.29, 0.717) is 5.92 Å². The molecule has 0 aromatic heterocycles. The van der Waals surface area contributed by atoms with Gasteiger partial charge >= 0.3 is 0 Å². The summed E-state index contributed by atoms with van der Waals surface area (Å²) in [6.07, 6.45) is 4.14. The quantitative estimate of drug-likeness (QED) is 0.837. The summed E-state index contributed by atoms with van der Waals surface area (Å²) in [5.74, 6) is 1.50. The molecule has 1 fully saturated rings. The van der Waals surface area contributed by atoms with Crippen molar-refractivity contribution >= 4 is 5.69 Å². The van der Waals surface area contributed by atoms with E-state index >= 15 is 0 Å². The number of nitrogens with zero attached hydrogens (tertiary/aromatic N) is 1. The molecule has 0 spiro atoms. The minimum Gasteiger partial charge on any atom is -0.384 e. The molecule has 0 amide bonds. The molecule has 2 nitrogen and oxygen atoms in total. The third-order valence-corrected chi connectivity index (χ3v) is 4.37. The zero-order chi connectivity index (χ0) is 13.2. The van der Waals surface area contributed by atoms with E-state index in [1.54, 1.807) is 0 Å². The van der Waals surface area contributed by atoms with E-state index in [1.165, 1.54) is 43.6 Å². The SMILES string of the molecule is CC(C)CN(CCC1CNc2ccccc21)C1CC1. The Hall–Kier alpha value is -1.02. The van der Waals surface area contributed by atoms with Crippen LogP contribution in [-0.2, 0) is 0 Å². The Morgan fingerprint density at radius 1 is 1.26 bits per heavy atom. The average molecular weight is 258 g/mol. The molecule has 1 N–H and O–H groups in total. The van der Waals surface area contributed by atoms with Gasteiger partial charge in [0.25, 0.3) is 0 Å². The molecule has 1 aliphatic heterocycles. The van der Waals surface area contributed by atoms with Crippen LogP contribution < -0.4 is 5.32 Å². The van der Waals surface area contributed by atoms with Gasteiger partial charge in [-0.3, -0.25) is 0 Å². The van der Waals surface area contributed by atoms with Crippen molar-refractivity contribution in [3.63, 3.8) is 0 Å². The summed E-state index contributed by atoms with van der Waals surface area (Å²) >= 11 is 0. The van der Waals surface area contributed by atoms with Gasteiger partial charge in [-0.25, -0.2) is 0 Å². The molecule has 0 bridgehead atoms. The average Bonchev–Trinajstić information content (AvgIpc) is 3.16. The van der Waals surface area contributed by atoms with Crippen LogP contribution in [0.1, 0.15) is 44.6 Å². The van der Waals surface area contributed by atoms with Crippen molar-refractivity contribution in [1.82, 2.24) is 4.90 Å². The first-order valence-electron chi connectivity index (χ1n) is 7.81. The first-order valence-corrected chi connectivity index (χ1v) is 7.81. The Kier molecular flexibility index (Phi) is 3.79. The molecule has 2 heteroatoms. The van der Waals surface area contributed by atoms with Gasteiger partial charge in [-0.2, -0.15) is 0 Å². The van der Waals surface area contributed by atoms with Gasteiger partial charge in [0.05, 0.1) is 0 Å². The van der Waals surface area contributed by atoms with Crippen LogP contribution in [-0.4, -0.2) is 30.6 Å². The summed E-state index contributed by atoms with van der Waals surface area (Å²) in [6, 6.07) is 9.70. The van der Waals surface area contributed by atoms with Gasteiger partial charge < -0.3 is 10.2 Å². The number of hydrogen-bond acceptors (Lipinski definition) is 2. The smallest absolute Gasteiger partial charge is 0.0376 e. The second-order valence-corrected chi connectivity index (χ2v) is 6.57. The van der Waals surface area contributed by atoms with Crippen molar-refractivity contribution in [1.29, 1.82) is 0 Å². The van der Waals surface area contributed by atoms with Crippen LogP contribution >= 0.6 is 0 Å². The van der Waals surface area contributed by atoms with Crippen molar-refractivity contribution in [2.24, 2.45) is 5.92 Å². The molecule has 1 aromatic rings. The molecule has 0 radical (unpaired) electrons. The topological polar surface area (TPSA) is 15.3 Å². The van der Waals surface area contributed by atoms with Crippen LogP contribution in [0.4, 0.5) is 5.69 Å². The molecule has 3 rings (SSSR count). The van der Waals surface area contributed by atoms with Gasteiger partial charge in [0.15, 0.2) is 0 Å². The van der Waals surface area contributed by atoms with E-state index in [2.05, 4.69) is 48.3 Å². The number of rotatable bonds is 6. The molecule has 0 saturated heterocycles. The summed E-state index contributed by atoms with van der Waals surface area (Å²) in [4.78, 5) is 2.73. The molecule has 104 valence electrons. The molecule has 1 atom stereocenters. The van der Waals surface area contributed by atoms with Gasteiger partial charge in [0.1, 0.15) is 0 Å². The zero-order valence-corrected chi connectivity index (χ0v) is 12.2. The number of nitrogens with one attached hydrogen (secondary N) is 1. The lowest BCUT2D eigenvalue weighted by Gasteiger charge is -2.25. The number of anilines is 1. The molecular weight excluding hydrogens is 232 g/mol. The Bertz CT molecular complexity index is 423. The summed E-state index contributed by atoms with van der Waals surface area (Å²) < 4.78 is 0. The highest BCUT2D eigenvalue weighted by molar-refractivity contribution is 5.57. The zero-order valence-electron chi connectivity index (χ0n) is 12.2. The third kappa shape index (κ3) is 3.11. The highest BCUT2D eigenvalue weighted by Crippen LogP contribution is 2.34. The van der Waals surface area contributed by atoms with Crippen LogP contribution in [0.2, 0.25) is 0 Å². The number of fused-ring (bicyclic) bond motifs is 1. The predicted molar refractivity (Wildman–Crippen MR) is 81.7 cm³/mol. The normalized spacial score (nSPS) is 21.8. The van der Waals surface area contributed by atoms with Gasteiger partial charge in [-0.05, 0) is 43.4 Å². The minimum absolute atomic E-state index is 0.713. The standard InChI is InChI=1S/C17H26N2/c1-13(2)12-19(15-7-8-15)10-9-14-11-18-17-6-4-3-5-16(14)17/h3-6,13-15,18H,7-12H2,1-2H3. The lowest BCUT2D eigenvalue weighted by molar-refractivity contribution is 0.227. The maximum Gasteiger partial charge on any atom is 0.0376 e. The first kappa shape index (κ1) is 13.0. The van der Waals surface area contributed by atoms with E-state index in [-0.39, 0.29) is 0 Å². The highest BCUT2D eigenvalue weighted by Gasteiger charge is 2.30. The van der Waals surface area contributed by atoms with Crippen LogP contribution in [0.3, 0.4) is 0 Å². The molecule has 1 unspecified atom stereocenters. The largest absolute Gasteiger partial charge is 0.384 e. The van der Waals surface area contributed by atoms with Gasteiger partial charge in [0.2, 0.25) is 0 Å². The fourth-order valence-electron chi connectivity index (χ4n) is 3.27. The molecule has 1 aromatic carbocycles. The summed E-state index contributed by atoms with van der Waals surface area (Å²) in [6.45, 7) is 8.33. The van der Waals surface area contributed by atoms with Gasteiger partial charge in [-0.15, -0.1) is 0 Å². The molecular formula is C17H26N2. The van der Waals surface area contributed by atoms with E-state index < -0.39 is 0 Å². The number of benzene rings is 1. The maximum absolute atomic E-state index is 3.54. The molecule has 1 saturated carbocycles. The maximum atomic E-state index is 3.54. The molecule has 2 aliphatic rings. The number of para-hydroxylation sites is 1. The van der Waals surface area contributed by atoms with Crippen LogP contribution in [0, 0.1) is 5.92 Å². The van der Waals surface area contributed by atoms with Crippen LogP contribution in [0.15, 0.2) is 24.3 Å². The Labute approximate surface area is 117 Å². The van der Waals surface area contributed by atoms with E-state index in [0.717, 1.165) is 18.5 Å². The fraction of sp³-hybridized carbons (Fsp3) is 0.647. The van der Waals surface area contributed by atoms with Crippen molar-refractivity contribution in [3.8, 4) is 0 Å². The van der Waals surface area contributed by atoms with E-state index in [4.69, 9.17) is 0 Å². The van der Waals surface area contributed by atoms with Crippen LogP contribution in [0.5, 0.6) is 0 Å². The van der Waals surface area contributed by atoms with Crippen molar-refractivity contribution < 1.29 is 0 Å². The second kappa shape index (κ2) is 5.54. The van der Waals surface area contributed by atoms with E-state index in [9.17, 15) is 0 Å². The Balaban J connectivity index is 1.57. The lowest BCUT2D eigenvalue weighted by atomic mass is 9.97. The second-order valence-electron chi connectivity index (χ2n) is 6.57. The monoisotopic (exact) mass is 258 g/mol. The fourth-order valence-corrected chi connectivity index (χ4v) is 3.27. The minimum atomic E-state index is 0.713. The Morgan fingerprint density at radius 3 is 2.79 bits per heavy atom. The molecule has 1 aliphatic carbocycles. The highest BCUT2D eigenvalue weighted by atomic mass is 15.2. The first-order chi connectivity index (χ1) is 9.24. The van der Waals surface area contributed by atoms with Gasteiger partial charge in [0, 0.05) is 30.7 Å². The summed E-state index contributed by atoms with van der Waals surface area (Å²) in [5.41, 5.74) is 2.89. The summed E-state index contributed by atoms with van der Waals surface area (Å²) in [5, 5.41) is 3.54. The third-order valence-electron chi connectivity index (χ3n) is 4.37. The summed E-state index contributed by atoms with van der Waals surface area (Å²) in [7, 11) is 0. The van der Waals surface area contributed by atoms with Gasteiger partial charge in [-0.1, -0.05) is 32.0 Å². The molecule has 19 heavy (non-hydrogen) atoms. The van der Waals surface area contributed by atoms with Crippen LogP contribution in [0.25, 0.3) is 0 Å². The molecule has 1 heterocycles. The van der Waals surface area contributed by atoms with Crippen molar-refractivity contribution in [2.75, 3.05) is 25.0 Å². The van der Waals surface area contributed by atoms with E-state index in [1.807, 2.05) is 0 Å². The number of hydrogen-bond donors (Lipinski definition) is 1. The predicted octanol–water partition coefficient (Wildman–Crippen LogP) is 3.71. The van der Waals surface area contributed by atoms with Crippen molar-refractivity contribution in [2.45, 2.75) is 45.1 Å². The van der Waals surface area contributed by atoms with Crippen molar-refractivity contribution in [3.05, 3.63) is 29.8 Å². The lowest BCUT2D eigenvalue weighted by Crippen LogP contribution is -2.32. The Morgan fingerprint density at radius 2 is 2.05 bits per heavy atom.